The first kappa shape index (κ1) is 11.7. The number of halogens is 1. The molecule has 0 spiro atoms. The molecule has 0 aromatic rings. The van der Waals surface area contributed by atoms with Gasteiger partial charge >= 0.3 is 0 Å². The van der Waals surface area contributed by atoms with E-state index in [1.54, 1.807) is 0 Å². The third-order valence-electron chi connectivity index (χ3n) is 3.82. The Morgan fingerprint density at radius 1 is 1.00 bits per heavy atom. The van der Waals surface area contributed by atoms with Gasteiger partial charge in [0.2, 0.25) is 0 Å². The average Bonchev–Trinajstić information content (AvgIpc) is 2.59. The minimum atomic E-state index is -2.76. The van der Waals surface area contributed by atoms with Crippen LogP contribution < -0.4 is 0 Å². The zero-order valence-electron chi connectivity index (χ0n) is 8.99. The summed E-state index contributed by atoms with van der Waals surface area (Å²) in [7, 11) is -2.76. The Labute approximate surface area is 97.3 Å². The van der Waals surface area contributed by atoms with E-state index in [0.29, 0.717) is 17.4 Å². The molecule has 0 aromatic carbocycles. The zero-order chi connectivity index (χ0) is 10.9. The minimum absolute atomic E-state index is 0.0996. The summed E-state index contributed by atoms with van der Waals surface area (Å²) in [5.74, 6) is 1.48. The van der Waals surface area contributed by atoms with Crippen molar-refractivity contribution in [2.24, 2.45) is 11.8 Å². The van der Waals surface area contributed by atoms with Crippen LogP contribution in [0.2, 0.25) is 0 Å². The van der Waals surface area contributed by atoms with Crippen molar-refractivity contribution in [2.75, 3.05) is 11.5 Å². The molecule has 2 unspecified atom stereocenters. The Morgan fingerprint density at radius 2 is 1.67 bits per heavy atom. The number of hydrogen-bond acceptors (Lipinski definition) is 2. The molecular weight excluding hydrogens is 232 g/mol. The quantitative estimate of drug-likeness (QED) is 0.706. The summed E-state index contributed by atoms with van der Waals surface area (Å²) in [6.07, 6.45) is 7.05. The van der Waals surface area contributed by atoms with Crippen LogP contribution in [0.3, 0.4) is 0 Å². The van der Waals surface area contributed by atoms with Gasteiger partial charge in [0.15, 0.2) is 9.84 Å². The SMILES string of the molecule is O=S1(=O)CCC(C(Cl)C2CCCCC2)C1. The van der Waals surface area contributed by atoms with Crippen molar-refractivity contribution < 1.29 is 8.42 Å². The summed E-state index contributed by atoms with van der Waals surface area (Å²) in [6, 6.07) is 0. The molecule has 0 aromatic heterocycles. The molecule has 88 valence electrons. The van der Waals surface area contributed by atoms with E-state index in [1.807, 2.05) is 0 Å². The Morgan fingerprint density at radius 3 is 2.20 bits per heavy atom. The van der Waals surface area contributed by atoms with Crippen molar-refractivity contribution >= 4 is 21.4 Å². The fourth-order valence-corrected chi connectivity index (χ4v) is 5.34. The molecule has 1 saturated heterocycles. The average molecular weight is 251 g/mol. The standard InChI is InChI=1S/C11H19ClO2S/c12-11(9-4-2-1-3-5-9)10-6-7-15(13,14)8-10/h9-11H,1-8H2. The van der Waals surface area contributed by atoms with E-state index >= 15 is 0 Å². The smallest absolute Gasteiger partial charge is 0.150 e. The maximum absolute atomic E-state index is 11.4. The molecule has 0 bridgehead atoms. The van der Waals surface area contributed by atoms with Crippen LogP contribution in [0.15, 0.2) is 0 Å². The monoisotopic (exact) mass is 250 g/mol. The third kappa shape index (κ3) is 2.88. The largest absolute Gasteiger partial charge is 0.229 e. The first-order chi connectivity index (χ1) is 7.08. The fourth-order valence-electron chi connectivity index (χ4n) is 2.91. The maximum atomic E-state index is 11.4. The van der Waals surface area contributed by atoms with E-state index in [-0.39, 0.29) is 11.3 Å². The summed E-state index contributed by atoms with van der Waals surface area (Å²) >= 11 is 6.43. The number of rotatable bonds is 2. The first-order valence-corrected chi connectivity index (χ1v) is 8.19. The van der Waals surface area contributed by atoms with Gasteiger partial charge in [0.25, 0.3) is 0 Å². The highest BCUT2D eigenvalue weighted by Crippen LogP contribution is 2.36. The summed E-state index contributed by atoms with van der Waals surface area (Å²) in [5, 5.41) is 0.0996. The molecule has 1 heterocycles. The molecule has 15 heavy (non-hydrogen) atoms. The molecule has 1 aliphatic heterocycles. The molecule has 0 N–H and O–H groups in total. The van der Waals surface area contributed by atoms with Crippen LogP contribution >= 0.6 is 11.6 Å². The Balaban J connectivity index is 1.93. The fraction of sp³-hybridized carbons (Fsp3) is 1.00. The van der Waals surface area contributed by atoms with E-state index in [2.05, 4.69) is 0 Å². The highest BCUT2D eigenvalue weighted by molar-refractivity contribution is 7.91. The van der Waals surface area contributed by atoms with Gasteiger partial charge in [-0.1, -0.05) is 19.3 Å². The molecule has 4 heteroatoms. The van der Waals surface area contributed by atoms with Crippen LogP contribution in [0.25, 0.3) is 0 Å². The Hall–Kier alpha value is 0.240. The second kappa shape index (κ2) is 4.62. The van der Waals surface area contributed by atoms with E-state index in [9.17, 15) is 8.42 Å². The first-order valence-electron chi connectivity index (χ1n) is 5.93. The molecular formula is C11H19ClO2S. The molecule has 2 rings (SSSR count). The summed E-state index contributed by atoms with van der Waals surface area (Å²) < 4.78 is 22.7. The van der Waals surface area contributed by atoms with Crippen molar-refractivity contribution in [1.29, 1.82) is 0 Å². The maximum Gasteiger partial charge on any atom is 0.150 e. The van der Waals surface area contributed by atoms with E-state index in [1.165, 1.54) is 32.1 Å². The predicted molar refractivity (Wildman–Crippen MR) is 63.0 cm³/mol. The molecule has 0 amide bonds. The van der Waals surface area contributed by atoms with Crippen molar-refractivity contribution in [2.45, 2.75) is 43.9 Å². The van der Waals surface area contributed by atoms with Crippen LogP contribution in [0, 0.1) is 11.8 Å². The van der Waals surface area contributed by atoms with Gasteiger partial charge in [-0.2, -0.15) is 0 Å². The van der Waals surface area contributed by atoms with Crippen molar-refractivity contribution in [3.63, 3.8) is 0 Å². The lowest BCUT2D eigenvalue weighted by molar-refractivity contribution is 0.305. The second-order valence-corrected chi connectivity index (χ2v) is 7.74. The summed E-state index contributed by atoms with van der Waals surface area (Å²) in [6.45, 7) is 0. The predicted octanol–water partition coefficient (Wildman–Crippen LogP) is 2.61. The number of hydrogen-bond donors (Lipinski definition) is 0. The van der Waals surface area contributed by atoms with Gasteiger partial charge in [-0.15, -0.1) is 11.6 Å². The number of sulfone groups is 1. The molecule has 1 saturated carbocycles. The van der Waals surface area contributed by atoms with E-state index < -0.39 is 9.84 Å². The topological polar surface area (TPSA) is 34.1 Å². The lowest BCUT2D eigenvalue weighted by Crippen LogP contribution is -2.27. The normalized spacial score (nSPS) is 34.1. The van der Waals surface area contributed by atoms with Gasteiger partial charge in [0.1, 0.15) is 0 Å². The van der Waals surface area contributed by atoms with E-state index in [4.69, 9.17) is 11.6 Å². The van der Waals surface area contributed by atoms with Gasteiger partial charge in [-0.25, -0.2) is 8.42 Å². The Kier molecular flexibility index (Phi) is 3.61. The van der Waals surface area contributed by atoms with Crippen LogP contribution in [-0.2, 0) is 9.84 Å². The molecule has 2 aliphatic rings. The summed E-state index contributed by atoms with van der Waals surface area (Å²) in [5.41, 5.74) is 0. The molecule has 0 radical (unpaired) electrons. The van der Waals surface area contributed by atoms with Crippen molar-refractivity contribution in [1.82, 2.24) is 0 Å². The lowest BCUT2D eigenvalue weighted by atomic mass is 9.82. The van der Waals surface area contributed by atoms with Gasteiger partial charge < -0.3 is 0 Å². The van der Waals surface area contributed by atoms with Crippen LogP contribution in [-0.4, -0.2) is 25.3 Å². The highest BCUT2D eigenvalue weighted by atomic mass is 35.5. The third-order valence-corrected chi connectivity index (χ3v) is 6.32. The van der Waals surface area contributed by atoms with Gasteiger partial charge in [0, 0.05) is 5.38 Å². The molecule has 2 nitrogen and oxygen atoms in total. The van der Waals surface area contributed by atoms with Crippen molar-refractivity contribution in [3.05, 3.63) is 0 Å². The minimum Gasteiger partial charge on any atom is -0.229 e. The van der Waals surface area contributed by atoms with Gasteiger partial charge in [-0.05, 0) is 31.1 Å². The highest BCUT2D eigenvalue weighted by Gasteiger charge is 2.36. The molecule has 2 atom stereocenters. The van der Waals surface area contributed by atoms with E-state index in [0.717, 1.165) is 6.42 Å². The van der Waals surface area contributed by atoms with Crippen LogP contribution in [0.4, 0.5) is 0 Å². The molecule has 1 aliphatic carbocycles. The Bertz CT molecular complexity index is 307. The zero-order valence-corrected chi connectivity index (χ0v) is 10.6. The van der Waals surface area contributed by atoms with Crippen molar-refractivity contribution in [3.8, 4) is 0 Å². The molecule has 2 fully saturated rings. The van der Waals surface area contributed by atoms with Crippen LogP contribution in [0.5, 0.6) is 0 Å². The number of alkyl halides is 1. The summed E-state index contributed by atoms with van der Waals surface area (Å²) in [4.78, 5) is 0. The van der Waals surface area contributed by atoms with Gasteiger partial charge in [0.05, 0.1) is 11.5 Å². The lowest BCUT2D eigenvalue weighted by Gasteiger charge is -2.29. The second-order valence-electron chi connectivity index (χ2n) is 5.01. The van der Waals surface area contributed by atoms with Crippen LogP contribution in [0.1, 0.15) is 38.5 Å². The van der Waals surface area contributed by atoms with Gasteiger partial charge in [-0.3, -0.25) is 0 Å².